The first kappa shape index (κ1) is 21.0. The predicted octanol–water partition coefficient (Wildman–Crippen LogP) is 5.19. The number of ether oxygens (including phenoxy) is 1. The minimum absolute atomic E-state index is 0.0583. The van der Waals surface area contributed by atoms with Crippen molar-refractivity contribution in [2.75, 3.05) is 4.90 Å². The number of aromatic nitrogens is 1. The van der Waals surface area contributed by atoms with E-state index in [0.717, 1.165) is 33.2 Å². The number of amides is 1. The second kappa shape index (κ2) is 8.75. The minimum Gasteiger partial charge on any atom is -0.459 e. The first-order valence-electron chi connectivity index (χ1n) is 8.34. The van der Waals surface area contributed by atoms with Gasteiger partial charge in [-0.05, 0) is 29.6 Å². The van der Waals surface area contributed by atoms with Crippen molar-refractivity contribution in [1.82, 2.24) is 4.98 Å². The van der Waals surface area contributed by atoms with E-state index in [1.165, 1.54) is 30.4 Å². The molecular weight excluding hydrogens is 425 g/mol. The second-order valence-corrected chi connectivity index (χ2v) is 7.81. The summed E-state index contributed by atoms with van der Waals surface area (Å²) in [5.74, 6) is -0.900. The first-order valence-corrected chi connectivity index (χ1v) is 10.1. The zero-order valence-electron chi connectivity index (χ0n) is 15.1. The summed E-state index contributed by atoms with van der Waals surface area (Å²) < 4.78 is 44.1. The van der Waals surface area contributed by atoms with E-state index in [1.54, 1.807) is 5.38 Å². The van der Waals surface area contributed by atoms with Gasteiger partial charge in [0, 0.05) is 17.2 Å². The molecular formula is C19H15F3N2O3S2. The molecule has 2 aromatic heterocycles. The molecule has 3 aromatic rings. The summed E-state index contributed by atoms with van der Waals surface area (Å²) in [5.41, 5.74) is -0.397. The Morgan fingerprint density at radius 3 is 2.62 bits per heavy atom. The van der Waals surface area contributed by atoms with E-state index < -0.39 is 23.6 Å². The third-order valence-corrected chi connectivity index (χ3v) is 5.51. The number of thiophene rings is 1. The zero-order chi connectivity index (χ0) is 21.0. The fourth-order valence-corrected chi connectivity index (χ4v) is 4.04. The average molecular weight is 440 g/mol. The van der Waals surface area contributed by atoms with Crippen LogP contribution in [0.2, 0.25) is 0 Å². The highest BCUT2D eigenvalue weighted by molar-refractivity contribution is 7.14. The molecule has 3 rings (SSSR count). The van der Waals surface area contributed by atoms with Crippen molar-refractivity contribution in [1.29, 1.82) is 0 Å². The number of thiazole rings is 1. The van der Waals surface area contributed by atoms with Crippen molar-refractivity contribution >= 4 is 45.4 Å². The number of hydrogen-bond donors (Lipinski definition) is 0. The number of nitrogens with zero attached hydrogens (tertiary/aromatic N) is 2. The number of hydrogen-bond acceptors (Lipinski definition) is 6. The molecule has 0 spiro atoms. The molecule has 2 heterocycles. The van der Waals surface area contributed by atoms with Crippen LogP contribution < -0.4 is 4.90 Å². The van der Waals surface area contributed by atoms with Crippen LogP contribution in [0.15, 0.2) is 47.2 Å². The van der Waals surface area contributed by atoms with Crippen LogP contribution in [0.5, 0.6) is 0 Å². The van der Waals surface area contributed by atoms with Gasteiger partial charge in [-0.25, -0.2) is 4.98 Å². The smallest absolute Gasteiger partial charge is 0.416 e. The third-order valence-electron chi connectivity index (χ3n) is 3.76. The zero-order valence-corrected chi connectivity index (χ0v) is 16.7. The lowest BCUT2D eigenvalue weighted by molar-refractivity contribution is -0.144. The molecule has 1 aromatic carbocycles. The molecule has 0 saturated carbocycles. The maximum Gasteiger partial charge on any atom is 0.416 e. The first-order chi connectivity index (χ1) is 13.7. The summed E-state index contributed by atoms with van der Waals surface area (Å²) in [4.78, 5) is 30.2. The van der Waals surface area contributed by atoms with Crippen LogP contribution in [0, 0.1) is 0 Å². The number of alkyl halides is 3. The lowest BCUT2D eigenvalue weighted by Gasteiger charge is -2.19. The van der Waals surface area contributed by atoms with Crippen LogP contribution in [-0.4, -0.2) is 16.9 Å². The van der Waals surface area contributed by atoms with E-state index in [-0.39, 0.29) is 23.8 Å². The van der Waals surface area contributed by atoms with E-state index in [2.05, 4.69) is 4.98 Å². The normalized spacial score (nSPS) is 11.3. The topological polar surface area (TPSA) is 59.5 Å². The van der Waals surface area contributed by atoms with Gasteiger partial charge in [0.15, 0.2) is 5.13 Å². The second-order valence-electron chi connectivity index (χ2n) is 5.94. The molecule has 0 radical (unpaired) electrons. The van der Waals surface area contributed by atoms with Crippen LogP contribution in [-0.2, 0) is 33.5 Å². The maximum atomic E-state index is 13.0. The Bertz CT molecular complexity index is 1000. The van der Waals surface area contributed by atoms with Crippen molar-refractivity contribution in [3.8, 4) is 0 Å². The van der Waals surface area contributed by atoms with E-state index in [0.29, 0.717) is 5.69 Å². The highest BCUT2D eigenvalue weighted by Crippen LogP contribution is 2.35. The van der Waals surface area contributed by atoms with Gasteiger partial charge in [-0.15, -0.1) is 22.7 Å². The SMILES string of the molecule is CC(=O)N(c1cccc(C(F)(F)F)c1)c1nc(COC(=O)Cc2cccs2)cs1. The minimum atomic E-state index is -4.52. The largest absolute Gasteiger partial charge is 0.459 e. The summed E-state index contributed by atoms with van der Waals surface area (Å²) in [6.07, 6.45) is -4.37. The quantitative estimate of drug-likeness (QED) is 0.495. The lowest BCUT2D eigenvalue weighted by Crippen LogP contribution is -2.23. The van der Waals surface area contributed by atoms with Gasteiger partial charge in [-0.1, -0.05) is 12.1 Å². The fraction of sp³-hybridized carbons (Fsp3) is 0.211. The Labute approximate surface area is 172 Å². The Hall–Kier alpha value is -2.72. The van der Waals surface area contributed by atoms with Gasteiger partial charge in [0.2, 0.25) is 5.91 Å². The van der Waals surface area contributed by atoms with Crippen molar-refractivity contribution < 1.29 is 27.5 Å². The highest BCUT2D eigenvalue weighted by Gasteiger charge is 2.31. The fourth-order valence-electron chi connectivity index (χ4n) is 2.47. The Morgan fingerprint density at radius 1 is 1.17 bits per heavy atom. The molecule has 0 aliphatic carbocycles. The Kier molecular flexibility index (Phi) is 6.33. The van der Waals surface area contributed by atoms with Crippen LogP contribution in [0.3, 0.4) is 0 Å². The molecule has 0 fully saturated rings. The standard InChI is InChI=1S/C19H15F3N2O3S2/c1-12(25)24(15-5-2-4-13(8-15)19(20,21)22)18-23-14(11-29-18)10-27-17(26)9-16-6-3-7-28-16/h2-8,11H,9-10H2,1H3. The Morgan fingerprint density at radius 2 is 1.97 bits per heavy atom. The van der Waals surface area contributed by atoms with E-state index >= 15 is 0 Å². The van der Waals surface area contributed by atoms with Gasteiger partial charge in [0.05, 0.1) is 23.4 Å². The molecule has 29 heavy (non-hydrogen) atoms. The molecule has 0 atom stereocenters. The van der Waals surface area contributed by atoms with Gasteiger partial charge >= 0.3 is 12.1 Å². The number of halogens is 3. The molecule has 152 valence electrons. The van der Waals surface area contributed by atoms with Crippen LogP contribution >= 0.6 is 22.7 Å². The van der Waals surface area contributed by atoms with Gasteiger partial charge in [-0.3, -0.25) is 14.5 Å². The van der Waals surface area contributed by atoms with Crippen LogP contribution in [0.25, 0.3) is 0 Å². The number of benzene rings is 1. The summed E-state index contributed by atoms with van der Waals surface area (Å²) in [6, 6.07) is 8.12. The molecule has 1 amide bonds. The number of anilines is 2. The van der Waals surface area contributed by atoms with E-state index in [4.69, 9.17) is 4.74 Å². The molecule has 0 aliphatic rings. The molecule has 5 nitrogen and oxygen atoms in total. The molecule has 0 aliphatic heterocycles. The Balaban J connectivity index is 1.72. The number of rotatable bonds is 6. The van der Waals surface area contributed by atoms with E-state index in [1.807, 2.05) is 17.5 Å². The molecule has 10 heteroatoms. The summed E-state index contributed by atoms with van der Waals surface area (Å²) in [7, 11) is 0. The third kappa shape index (κ3) is 5.42. The van der Waals surface area contributed by atoms with Crippen molar-refractivity contribution in [2.24, 2.45) is 0 Å². The predicted molar refractivity (Wildman–Crippen MR) is 104 cm³/mol. The van der Waals surface area contributed by atoms with Gasteiger partial charge in [0.25, 0.3) is 0 Å². The molecule has 0 saturated heterocycles. The summed E-state index contributed by atoms with van der Waals surface area (Å²) in [5, 5.41) is 3.65. The van der Waals surface area contributed by atoms with Crippen molar-refractivity contribution in [2.45, 2.75) is 26.1 Å². The summed E-state index contributed by atoms with van der Waals surface area (Å²) in [6.45, 7) is 1.15. The highest BCUT2D eigenvalue weighted by atomic mass is 32.1. The lowest BCUT2D eigenvalue weighted by atomic mass is 10.2. The van der Waals surface area contributed by atoms with Gasteiger partial charge < -0.3 is 4.74 Å². The van der Waals surface area contributed by atoms with Gasteiger partial charge in [-0.2, -0.15) is 13.2 Å². The van der Waals surface area contributed by atoms with Crippen molar-refractivity contribution in [3.63, 3.8) is 0 Å². The monoisotopic (exact) mass is 440 g/mol. The molecule has 0 bridgehead atoms. The van der Waals surface area contributed by atoms with Crippen molar-refractivity contribution in [3.05, 3.63) is 63.3 Å². The van der Waals surface area contributed by atoms with Crippen LogP contribution in [0.4, 0.5) is 24.0 Å². The summed E-state index contributed by atoms with van der Waals surface area (Å²) >= 11 is 2.52. The number of carbonyl (C=O) groups is 2. The number of esters is 1. The van der Waals surface area contributed by atoms with Gasteiger partial charge in [0.1, 0.15) is 6.61 Å². The van der Waals surface area contributed by atoms with E-state index in [9.17, 15) is 22.8 Å². The maximum absolute atomic E-state index is 13.0. The number of carbonyl (C=O) groups excluding carboxylic acids is 2. The van der Waals surface area contributed by atoms with Crippen LogP contribution in [0.1, 0.15) is 23.1 Å². The molecule has 0 unspecified atom stereocenters. The molecule has 0 N–H and O–H groups in total. The average Bonchev–Trinajstić information content (AvgIpc) is 3.32.